The molecule has 2 rings (SSSR count). The van der Waals surface area contributed by atoms with Crippen molar-refractivity contribution in [3.05, 3.63) is 48.0 Å². The second-order valence-corrected chi connectivity index (χ2v) is 10.0. The van der Waals surface area contributed by atoms with Crippen molar-refractivity contribution in [2.45, 2.75) is 69.1 Å². The molecule has 43 heavy (non-hydrogen) atoms. The van der Waals surface area contributed by atoms with Gasteiger partial charge in [0.15, 0.2) is 5.96 Å². The number of aliphatic carboxylic acids is 1. The average Bonchev–Trinajstić information content (AvgIpc) is 3.47. The van der Waals surface area contributed by atoms with Crippen molar-refractivity contribution >= 4 is 29.7 Å². The Balaban J connectivity index is 2.24. The zero-order valence-electron chi connectivity index (χ0n) is 23.9. The molecule has 0 aliphatic heterocycles. The van der Waals surface area contributed by atoms with E-state index in [1.54, 1.807) is 12.1 Å². The minimum absolute atomic E-state index is 0.00522. The Morgan fingerprint density at radius 2 is 1.51 bits per heavy atom. The van der Waals surface area contributed by atoms with Crippen LogP contribution in [0.4, 0.5) is 0 Å². The Kier molecular flexibility index (Phi) is 14.4. The molecule has 16 heteroatoms. The van der Waals surface area contributed by atoms with Crippen molar-refractivity contribution < 1.29 is 29.4 Å². The van der Waals surface area contributed by atoms with E-state index in [9.17, 15) is 29.4 Å². The quantitative estimate of drug-likeness (QED) is 0.0474. The number of aliphatic imine (C=N–C) groups is 1. The van der Waals surface area contributed by atoms with Gasteiger partial charge in [-0.25, -0.2) is 9.78 Å². The van der Waals surface area contributed by atoms with Gasteiger partial charge in [-0.1, -0.05) is 18.6 Å². The van der Waals surface area contributed by atoms with Crippen LogP contribution < -0.4 is 38.9 Å². The summed E-state index contributed by atoms with van der Waals surface area (Å²) in [7, 11) is 0. The highest BCUT2D eigenvalue weighted by Gasteiger charge is 2.31. The fraction of sp³-hybridized carbons (Fsp3) is 0.481. The summed E-state index contributed by atoms with van der Waals surface area (Å²) in [5.74, 6) is -3.42. The molecular formula is C27H42N10O6. The number of unbranched alkanes of at least 4 members (excludes halogenated alkanes) is 1. The maximum absolute atomic E-state index is 13.5. The van der Waals surface area contributed by atoms with Crippen LogP contribution in [0.15, 0.2) is 41.8 Å². The first-order valence-electron chi connectivity index (χ1n) is 13.9. The molecule has 16 nitrogen and oxygen atoms in total. The van der Waals surface area contributed by atoms with Gasteiger partial charge >= 0.3 is 5.97 Å². The number of imidazole rings is 1. The maximum atomic E-state index is 13.5. The fourth-order valence-corrected chi connectivity index (χ4v) is 4.13. The van der Waals surface area contributed by atoms with Crippen molar-refractivity contribution in [1.82, 2.24) is 25.9 Å². The molecule has 4 unspecified atom stereocenters. The van der Waals surface area contributed by atoms with E-state index in [0.29, 0.717) is 37.1 Å². The lowest BCUT2D eigenvalue weighted by Gasteiger charge is -2.25. The van der Waals surface area contributed by atoms with Crippen molar-refractivity contribution in [2.24, 2.45) is 27.9 Å². The van der Waals surface area contributed by atoms with Gasteiger partial charge in [-0.15, -0.1) is 0 Å². The molecule has 0 bridgehead atoms. The Bertz CT molecular complexity index is 1200. The number of amides is 3. The normalized spacial score (nSPS) is 13.6. The van der Waals surface area contributed by atoms with Gasteiger partial charge in [0.05, 0.1) is 12.4 Å². The van der Waals surface area contributed by atoms with Crippen LogP contribution >= 0.6 is 0 Å². The van der Waals surface area contributed by atoms with Gasteiger partial charge in [-0.2, -0.15) is 0 Å². The summed E-state index contributed by atoms with van der Waals surface area (Å²) in [4.78, 5) is 62.3. The molecule has 1 heterocycles. The van der Waals surface area contributed by atoms with Crippen LogP contribution in [0, 0.1) is 0 Å². The molecular weight excluding hydrogens is 560 g/mol. The van der Waals surface area contributed by atoms with Crippen LogP contribution in [-0.2, 0) is 32.0 Å². The lowest BCUT2D eigenvalue weighted by atomic mass is 10.0. The van der Waals surface area contributed by atoms with Gasteiger partial charge in [-0.3, -0.25) is 19.4 Å². The number of aromatic nitrogens is 2. The first kappa shape index (κ1) is 34.5. The third-order valence-electron chi connectivity index (χ3n) is 6.49. The first-order chi connectivity index (χ1) is 20.5. The summed E-state index contributed by atoms with van der Waals surface area (Å²) in [6.45, 7) is 0.627. The van der Waals surface area contributed by atoms with Crippen molar-refractivity contribution in [1.29, 1.82) is 0 Å². The molecule has 0 aliphatic carbocycles. The van der Waals surface area contributed by atoms with Crippen LogP contribution in [0.1, 0.15) is 43.4 Å². The molecule has 1 aromatic heterocycles. The number of carbonyl (C=O) groups is 4. The number of nitrogens with zero attached hydrogens (tertiary/aromatic N) is 2. The van der Waals surface area contributed by atoms with Crippen LogP contribution in [0.5, 0.6) is 5.75 Å². The monoisotopic (exact) mass is 602 g/mol. The third kappa shape index (κ3) is 12.8. The molecule has 0 spiro atoms. The predicted molar refractivity (Wildman–Crippen MR) is 158 cm³/mol. The summed E-state index contributed by atoms with van der Waals surface area (Å²) in [5, 5.41) is 27.1. The topological polar surface area (TPSA) is 290 Å². The smallest absolute Gasteiger partial charge is 0.326 e. The number of aromatic hydroxyl groups is 1. The second-order valence-electron chi connectivity index (χ2n) is 10.0. The zero-order valence-corrected chi connectivity index (χ0v) is 23.9. The lowest BCUT2D eigenvalue weighted by molar-refractivity contribution is -0.142. The number of benzene rings is 1. The van der Waals surface area contributed by atoms with Gasteiger partial charge in [0.25, 0.3) is 0 Å². The van der Waals surface area contributed by atoms with Gasteiger partial charge < -0.3 is 54.1 Å². The lowest BCUT2D eigenvalue weighted by Crippen LogP contribution is -2.58. The van der Waals surface area contributed by atoms with Gasteiger partial charge in [0.1, 0.15) is 23.9 Å². The van der Waals surface area contributed by atoms with E-state index in [0.717, 1.165) is 0 Å². The summed E-state index contributed by atoms with van der Waals surface area (Å²) in [5.41, 5.74) is 23.3. The predicted octanol–water partition coefficient (Wildman–Crippen LogP) is -2.05. The fourth-order valence-electron chi connectivity index (χ4n) is 4.13. The molecule has 0 radical (unpaired) electrons. The number of hydrogen-bond donors (Lipinski definition) is 10. The molecule has 1 aromatic carbocycles. The number of hydrogen-bond acceptors (Lipinski definition) is 9. The minimum atomic E-state index is -1.28. The first-order valence-corrected chi connectivity index (χ1v) is 13.9. The molecule has 0 saturated heterocycles. The highest BCUT2D eigenvalue weighted by molar-refractivity contribution is 5.94. The summed E-state index contributed by atoms with van der Waals surface area (Å²) < 4.78 is 0. The number of phenolic OH excluding ortho intramolecular Hbond substituents is 1. The number of carbonyl (C=O) groups excluding carboxylic acids is 3. The number of guanidine groups is 1. The van der Waals surface area contributed by atoms with E-state index in [-0.39, 0.29) is 43.9 Å². The number of H-pyrrole nitrogens is 1. The largest absolute Gasteiger partial charge is 0.508 e. The van der Waals surface area contributed by atoms with Gasteiger partial charge in [0.2, 0.25) is 17.7 Å². The standard InChI is InChI=1S/C27H42N10O6/c28-10-2-1-4-19(29)23(39)36-22(13-17-14-32-15-34-17)25(41)37-21(12-16-6-8-18(38)9-7-16)24(40)35-20(26(42)43)5-3-11-33-27(30)31/h6-9,14-15,19-22,38H,1-5,10-13,28-29H2,(H,32,34)(H,35,40)(H,36,39)(H,37,41)(H,42,43)(H4,30,31,33). The molecule has 4 atom stereocenters. The third-order valence-corrected chi connectivity index (χ3v) is 6.49. The Morgan fingerprint density at radius 1 is 0.884 bits per heavy atom. The van der Waals surface area contributed by atoms with E-state index >= 15 is 0 Å². The average molecular weight is 603 g/mol. The number of carboxylic acids is 1. The summed E-state index contributed by atoms with van der Waals surface area (Å²) in [6, 6.07) is 1.43. The van der Waals surface area contributed by atoms with Crippen molar-refractivity contribution in [2.75, 3.05) is 13.1 Å². The maximum Gasteiger partial charge on any atom is 0.326 e. The molecule has 236 valence electrons. The van der Waals surface area contributed by atoms with E-state index < -0.39 is 47.9 Å². The van der Waals surface area contributed by atoms with Crippen LogP contribution in [0.2, 0.25) is 0 Å². The molecule has 3 amide bonds. The van der Waals surface area contributed by atoms with Crippen molar-refractivity contribution in [3.8, 4) is 5.75 Å². The highest BCUT2D eigenvalue weighted by atomic mass is 16.4. The van der Waals surface area contributed by atoms with E-state index in [1.807, 2.05) is 0 Å². The van der Waals surface area contributed by atoms with Gasteiger partial charge in [0, 0.05) is 31.3 Å². The Hall–Kier alpha value is -4.70. The molecule has 2 aromatic rings. The molecule has 0 aliphatic rings. The zero-order chi connectivity index (χ0) is 31.8. The second kappa shape index (κ2) is 18.0. The number of nitrogens with one attached hydrogen (secondary N) is 4. The molecule has 0 saturated carbocycles. The van der Waals surface area contributed by atoms with Gasteiger partial charge in [-0.05, 0) is 49.9 Å². The highest BCUT2D eigenvalue weighted by Crippen LogP contribution is 2.13. The van der Waals surface area contributed by atoms with Crippen molar-refractivity contribution in [3.63, 3.8) is 0 Å². The summed E-state index contributed by atoms with van der Waals surface area (Å²) in [6.07, 6.45) is 4.88. The number of phenols is 1. The molecule has 0 fully saturated rings. The minimum Gasteiger partial charge on any atom is -0.508 e. The molecule has 14 N–H and O–H groups in total. The van der Waals surface area contributed by atoms with Crippen LogP contribution in [-0.4, -0.2) is 87.1 Å². The Morgan fingerprint density at radius 3 is 2.09 bits per heavy atom. The van der Waals surface area contributed by atoms with E-state index in [1.165, 1.54) is 24.7 Å². The van der Waals surface area contributed by atoms with E-state index in [2.05, 4.69) is 30.9 Å². The SMILES string of the molecule is NCCCCC(N)C(=O)NC(Cc1cnc[nH]1)C(=O)NC(Cc1ccc(O)cc1)C(=O)NC(CCCN=C(N)N)C(=O)O. The number of nitrogens with two attached hydrogens (primary N) is 4. The number of aromatic amines is 1. The van der Waals surface area contributed by atoms with Crippen LogP contribution in [0.25, 0.3) is 0 Å². The summed E-state index contributed by atoms with van der Waals surface area (Å²) >= 11 is 0. The number of carboxylic acid groups (broad SMARTS) is 1. The van der Waals surface area contributed by atoms with E-state index in [4.69, 9.17) is 22.9 Å². The van der Waals surface area contributed by atoms with Crippen LogP contribution in [0.3, 0.4) is 0 Å². The Labute approximate surface area is 249 Å². The number of rotatable bonds is 19.